The van der Waals surface area contributed by atoms with Crippen LogP contribution in [0.25, 0.3) is 5.57 Å². The number of hydrogen-bond donors (Lipinski definition) is 1. The molecule has 1 aromatic carbocycles. The number of nitrogens with zero attached hydrogens (tertiary/aromatic N) is 2. The van der Waals surface area contributed by atoms with Crippen LogP contribution in [0.1, 0.15) is 12.5 Å². The number of carbonyl (C=O) groups is 1. The average Bonchev–Trinajstić information content (AvgIpc) is 2.79. The maximum atomic E-state index is 12.0. The molecular formula is C14H10ClN3O2. The minimum atomic E-state index is -0.551. The Morgan fingerprint density at radius 2 is 2.10 bits per heavy atom. The van der Waals surface area contributed by atoms with Gasteiger partial charge in [-0.15, -0.1) is 0 Å². The molecule has 1 amide bonds. The van der Waals surface area contributed by atoms with E-state index in [1.54, 1.807) is 24.3 Å². The predicted molar refractivity (Wildman–Crippen MR) is 73.6 cm³/mol. The van der Waals surface area contributed by atoms with E-state index in [4.69, 9.17) is 16.4 Å². The van der Waals surface area contributed by atoms with E-state index < -0.39 is 12.1 Å². The third kappa shape index (κ3) is 1.86. The highest BCUT2D eigenvalue weighted by atomic mass is 35.5. The van der Waals surface area contributed by atoms with Crippen LogP contribution >= 0.6 is 11.6 Å². The molecule has 0 saturated heterocycles. The minimum absolute atomic E-state index is 0.0913. The van der Waals surface area contributed by atoms with E-state index in [1.165, 1.54) is 0 Å². The van der Waals surface area contributed by atoms with E-state index in [0.717, 1.165) is 11.3 Å². The number of amides is 1. The van der Waals surface area contributed by atoms with E-state index in [2.05, 4.69) is 10.5 Å². The van der Waals surface area contributed by atoms with E-state index in [1.807, 2.05) is 13.0 Å². The Hall–Kier alpha value is -2.32. The number of nitriles is 1. The Morgan fingerprint density at radius 1 is 1.40 bits per heavy atom. The lowest BCUT2D eigenvalue weighted by molar-refractivity contribution is -0.121. The number of fused-ring (bicyclic) bond motifs is 1. The zero-order valence-corrected chi connectivity index (χ0v) is 11.3. The molecule has 2 aliphatic heterocycles. The predicted octanol–water partition coefficient (Wildman–Crippen LogP) is 2.10. The van der Waals surface area contributed by atoms with Crippen LogP contribution in [-0.4, -0.2) is 17.8 Å². The van der Waals surface area contributed by atoms with E-state index in [-0.39, 0.29) is 11.5 Å². The molecule has 1 N–H and O–H groups in total. The Balaban J connectivity index is 2.20. The van der Waals surface area contributed by atoms with Gasteiger partial charge >= 0.3 is 0 Å². The van der Waals surface area contributed by atoms with Crippen molar-refractivity contribution in [1.29, 1.82) is 5.26 Å². The lowest BCUT2D eigenvalue weighted by Gasteiger charge is -2.27. The SMILES string of the molecule is CC1=NO[C@H]2NC(=O)C(C#N)=C(c3ccc(Cl)cc3)[C@@H]12. The second-order valence-corrected chi connectivity index (χ2v) is 5.05. The van der Waals surface area contributed by atoms with Crippen molar-refractivity contribution < 1.29 is 9.63 Å². The number of hydrogen-bond acceptors (Lipinski definition) is 4. The highest BCUT2D eigenvalue weighted by Gasteiger charge is 2.43. The Kier molecular flexibility index (Phi) is 2.96. The van der Waals surface area contributed by atoms with Crippen molar-refractivity contribution in [3.8, 4) is 6.07 Å². The Labute approximate surface area is 120 Å². The van der Waals surface area contributed by atoms with Gasteiger partial charge in [0.2, 0.25) is 6.23 Å². The van der Waals surface area contributed by atoms with E-state index >= 15 is 0 Å². The van der Waals surface area contributed by atoms with E-state index in [0.29, 0.717) is 10.6 Å². The summed E-state index contributed by atoms with van der Waals surface area (Å²) in [5.41, 5.74) is 2.23. The molecule has 0 aliphatic carbocycles. The van der Waals surface area contributed by atoms with Gasteiger partial charge in [-0.25, -0.2) is 0 Å². The number of rotatable bonds is 1. The minimum Gasteiger partial charge on any atom is -0.370 e. The van der Waals surface area contributed by atoms with Gasteiger partial charge in [-0.05, 0) is 30.2 Å². The van der Waals surface area contributed by atoms with Gasteiger partial charge in [0, 0.05) is 5.02 Å². The summed E-state index contributed by atoms with van der Waals surface area (Å²) in [5, 5.41) is 16.4. The topological polar surface area (TPSA) is 74.5 Å². The molecule has 6 heteroatoms. The highest BCUT2D eigenvalue weighted by molar-refractivity contribution is 6.30. The lowest BCUT2D eigenvalue weighted by Crippen LogP contribution is -2.46. The third-order valence-electron chi connectivity index (χ3n) is 3.41. The van der Waals surface area contributed by atoms with Gasteiger partial charge in [0.05, 0.1) is 11.6 Å². The quantitative estimate of drug-likeness (QED) is 0.859. The number of benzene rings is 1. The summed E-state index contributed by atoms with van der Waals surface area (Å²) >= 11 is 5.88. The van der Waals surface area contributed by atoms with Crippen LogP contribution in [-0.2, 0) is 9.63 Å². The van der Waals surface area contributed by atoms with Gasteiger partial charge in [-0.2, -0.15) is 5.26 Å². The van der Waals surface area contributed by atoms with Crippen molar-refractivity contribution in [1.82, 2.24) is 5.32 Å². The van der Waals surface area contributed by atoms with Gasteiger partial charge in [-0.1, -0.05) is 28.9 Å². The normalized spacial score (nSPS) is 24.4. The summed E-state index contributed by atoms with van der Waals surface area (Å²) in [6, 6.07) is 9.00. The van der Waals surface area contributed by atoms with Crippen molar-refractivity contribution in [3.63, 3.8) is 0 Å². The summed E-state index contributed by atoms with van der Waals surface area (Å²) in [5.74, 6) is -0.688. The first-order valence-electron chi connectivity index (χ1n) is 6.03. The molecule has 0 aromatic heterocycles. The molecule has 3 rings (SSSR count). The van der Waals surface area contributed by atoms with Gasteiger partial charge in [0.1, 0.15) is 11.6 Å². The number of nitrogens with one attached hydrogen (secondary N) is 1. The highest BCUT2D eigenvalue weighted by Crippen LogP contribution is 2.37. The second kappa shape index (κ2) is 4.66. The first-order valence-corrected chi connectivity index (χ1v) is 6.41. The number of halogens is 1. The van der Waals surface area contributed by atoms with Crippen LogP contribution in [0.15, 0.2) is 35.0 Å². The molecule has 0 unspecified atom stereocenters. The molecule has 100 valence electrons. The average molecular weight is 288 g/mol. The van der Waals surface area contributed by atoms with Crippen molar-refractivity contribution >= 4 is 28.8 Å². The van der Waals surface area contributed by atoms with Gasteiger partial charge in [0.25, 0.3) is 5.91 Å². The third-order valence-corrected chi connectivity index (χ3v) is 3.66. The molecule has 1 aromatic rings. The van der Waals surface area contributed by atoms with Crippen LogP contribution in [0.4, 0.5) is 0 Å². The van der Waals surface area contributed by atoms with E-state index in [9.17, 15) is 10.1 Å². The van der Waals surface area contributed by atoms with Crippen molar-refractivity contribution in [2.45, 2.75) is 13.2 Å². The first kappa shape index (κ1) is 12.7. The molecule has 0 saturated carbocycles. The maximum Gasteiger partial charge on any atom is 0.265 e. The van der Waals surface area contributed by atoms with Crippen LogP contribution in [0.2, 0.25) is 5.02 Å². The molecule has 2 heterocycles. The first-order chi connectivity index (χ1) is 9.61. The fraction of sp³-hybridized carbons (Fsp3) is 0.214. The molecule has 0 bridgehead atoms. The molecule has 20 heavy (non-hydrogen) atoms. The summed E-state index contributed by atoms with van der Waals surface area (Å²) in [6.45, 7) is 1.81. The Bertz CT molecular complexity index is 685. The molecular weight excluding hydrogens is 278 g/mol. The summed E-state index contributed by atoms with van der Waals surface area (Å²) < 4.78 is 0. The molecule has 0 spiro atoms. The standard InChI is InChI=1S/C14H10ClN3O2/c1-7-11-12(8-2-4-9(15)5-3-8)10(6-16)13(19)17-14(11)20-18-7/h2-5,11,14H,1H3,(H,17,19)/t11-,14-/m1/s1. The summed E-state index contributed by atoms with van der Waals surface area (Å²) in [6.07, 6.45) is -0.551. The summed E-state index contributed by atoms with van der Waals surface area (Å²) in [4.78, 5) is 17.2. The zero-order chi connectivity index (χ0) is 14.3. The molecule has 0 radical (unpaired) electrons. The molecule has 0 fully saturated rings. The fourth-order valence-corrected chi connectivity index (χ4v) is 2.62. The molecule has 5 nitrogen and oxygen atoms in total. The van der Waals surface area contributed by atoms with Gasteiger partial charge < -0.3 is 10.2 Å². The maximum absolute atomic E-state index is 12.0. The van der Waals surface area contributed by atoms with Crippen LogP contribution in [0, 0.1) is 17.2 Å². The van der Waals surface area contributed by atoms with Crippen molar-refractivity contribution in [3.05, 3.63) is 40.4 Å². The number of oxime groups is 1. The molecule has 2 aliphatic rings. The Morgan fingerprint density at radius 3 is 2.75 bits per heavy atom. The second-order valence-electron chi connectivity index (χ2n) is 4.62. The van der Waals surface area contributed by atoms with Crippen molar-refractivity contribution in [2.24, 2.45) is 11.1 Å². The van der Waals surface area contributed by atoms with Gasteiger partial charge in [-0.3, -0.25) is 4.79 Å². The largest absolute Gasteiger partial charge is 0.370 e. The number of carbonyl (C=O) groups excluding carboxylic acids is 1. The zero-order valence-electron chi connectivity index (χ0n) is 10.6. The van der Waals surface area contributed by atoms with Gasteiger partial charge in [0.15, 0.2) is 0 Å². The smallest absolute Gasteiger partial charge is 0.265 e. The van der Waals surface area contributed by atoms with Crippen LogP contribution < -0.4 is 5.32 Å². The van der Waals surface area contributed by atoms with Crippen molar-refractivity contribution in [2.75, 3.05) is 0 Å². The molecule has 2 atom stereocenters. The van der Waals surface area contributed by atoms with Crippen LogP contribution in [0.3, 0.4) is 0 Å². The fourth-order valence-electron chi connectivity index (χ4n) is 2.49. The lowest BCUT2D eigenvalue weighted by atomic mass is 9.82. The monoisotopic (exact) mass is 287 g/mol. The van der Waals surface area contributed by atoms with Crippen LogP contribution in [0.5, 0.6) is 0 Å². The summed E-state index contributed by atoms with van der Waals surface area (Å²) in [7, 11) is 0.